The summed E-state index contributed by atoms with van der Waals surface area (Å²) < 4.78 is 65.4. The second-order valence-electron chi connectivity index (χ2n) is 2.95. The largest absolute Gasteiger partial charge is 0.269 e. The molecule has 9 heteroatoms. The number of hydrogen-bond donors (Lipinski definition) is 1. The summed E-state index contributed by atoms with van der Waals surface area (Å²) in [6, 6.07) is 0. The first-order valence-electron chi connectivity index (χ1n) is 4.09. The molecule has 0 amide bonds. The van der Waals surface area contributed by atoms with Gasteiger partial charge in [-0.2, -0.15) is 5.10 Å². The average Bonchev–Trinajstić information content (AvgIpc) is 2.71. The van der Waals surface area contributed by atoms with Crippen molar-refractivity contribution in [2.75, 3.05) is 0 Å². The van der Waals surface area contributed by atoms with Crippen LogP contribution in [0.3, 0.4) is 0 Å². The van der Waals surface area contributed by atoms with Crippen LogP contribution in [0.15, 0.2) is 6.33 Å². The molecule has 0 fully saturated rings. The van der Waals surface area contributed by atoms with Gasteiger partial charge in [-0.1, -0.05) is 0 Å². The minimum absolute atomic E-state index is 0.298. The van der Waals surface area contributed by atoms with E-state index >= 15 is 0 Å². The van der Waals surface area contributed by atoms with Crippen LogP contribution in [-0.4, -0.2) is 14.8 Å². The van der Waals surface area contributed by atoms with Crippen LogP contribution in [0.2, 0.25) is 0 Å². The van der Waals surface area contributed by atoms with Crippen LogP contribution < -0.4 is 0 Å². The maximum Gasteiger partial charge on any atom is 0.200 e. The van der Waals surface area contributed by atoms with E-state index in [-0.39, 0.29) is 4.77 Å². The molecule has 0 spiro atoms. The van der Waals surface area contributed by atoms with Gasteiger partial charge in [-0.05, 0) is 12.2 Å². The summed E-state index contributed by atoms with van der Waals surface area (Å²) in [4.78, 5) is 0. The van der Waals surface area contributed by atoms with Crippen molar-refractivity contribution in [3.63, 3.8) is 0 Å². The van der Waals surface area contributed by atoms with E-state index in [9.17, 15) is 22.0 Å². The van der Waals surface area contributed by atoms with E-state index < -0.39 is 34.8 Å². The average molecular weight is 267 g/mol. The molecule has 1 heterocycles. The Kier molecular flexibility index (Phi) is 2.69. The van der Waals surface area contributed by atoms with Crippen molar-refractivity contribution in [3.8, 4) is 5.69 Å². The molecule has 17 heavy (non-hydrogen) atoms. The highest BCUT2D eigenvalue weighted by molar-refractivity contribution is 7.71. The standard InChI is InChI=1S/C8H2F5N3S/c9-2-3(10)5(12)7(6(13)4(2)11)16-1-14-15-8(16)17/h1H,(H,15,17). The fourth-order valence-corrected chi connectivity index (χ4v) is 1.40. The Morgan fingerprint density at radius 3 is 1.82 bits per heavy atom. The SMILES string of the molecule is Fc1c(F)c(F)c(-n2cn[nH]c2=S)c(F)c1F. The van der Waals surface area contributed by atoms with Crippen molar-refractivity contribution in [3.05, 3.63) is 40.2 Å². The van der Waals surface area contributed by atoms with Gasteiger partial charge in [0.1, 0.15) is 12.0 Å². The van der Waals surface area contributed by atoms with Crippen LogP contribution in [0.4, 0.5) is 22.0 Å². The molecule has 0 unspecified atom stereocenters. The topological polar surface area (TPSA) is 33.6 Å². The predicted octanol–water partition coefficient (Wildman–Crippen LogP) is 2.63. The number of halogens is 5. The molecule has 0 saturated heterocycles. The van der Waals surface area contributed by atoms with Gasteiger partial charge in [0.15, 0.2) is 28.0 Å². The van der Waals surface area contributed by atoms with E-state index in [1.807, 2.05) is 0 Å². The monoisotopic (exact) mass is 267 g/mol. The Balaban J connectivity index is 2.89. The lowest BCUT2D eigenvalue weighted by atomic mass is 10.2. The van der Waals surface area contributed by atoms with E-state index in [0.717, 1.165) is 6.33 Å². The van der Waals surface area contributed by atoms with Gasteiger partial charge >= 0.3 is 0 Å². The van der Waals surface area contributed by atoms with Crippen LogP contribution in [0.25, 0.3) is 5.69 Å². The maximum atomic E-state index is 13.3. The van der Waals surface area contributed by atoms with Gasteiger partial charge < -0.3 is 0 Å². The summed E-state index contributed by atoms with van der Waals surface area (Å²) >= 11 is 4.58. The fourth-order valence-electron chi connectivity index (χ4n) is 1.21. The third-order valence-electron chi connectivity index (χ3n) is 1.98. The number of nitrogens with zero attached hydrogens (tertiary/aromatic N) is 2. The van der Waals surface area contributed by atoms with Gasteiger partial charge in [0.2, 0.25) is 5.82 Å². The Hall–Kier alpha value is -1.77. The molecule has 2 rings (SSSR count). The molecular formula is C8H2F5N3S. The molecule has 0 atom stereocenters. The molecule has 3 nitrogen and oxygen atoms in total. The molecule has 0 bridgehead atoms. The molecular weight excluding hydrogens is 265 g/mol. The smallest absolute Gasteiger partial charge is 0.200 e. The highest BCUT2D eigenvalue weighted by Crippen LogP contribution is 2.25. The number of hydrogen-bond acceptors (Lipinski definition) is 2. The Morgan fingerprint density at radius 1 is 0.941 bits per heavy atom. The summed E-state index contributed by atoms with van der Waals surface area (Å²) in [5, 5.41) is 5.45. The predicted molar refractivity (Wildman–Crippen MR) is 48.5 cm³/mol. The number of benzene rings is 1. The lowest BCUT2D eigenvalue weighted by Gasteiger charge is -2.07. The molecule has 1 aromatic heterocycles. The highest BCUT2D eigenvalue weighted by atomic mass is 32.1. The summed E-state index contributed by atoms with van der Waals surface area (Å²) in [6.45, 7) is 0. The highest BCUT2D eigenvalue weighted by Gasteiger charge is 2.27. The van der Waals surface area contributed by atoms with Crippen molar-refractivity contribution in [2.45, 2.75) is 0 Å². The summed E-state index contributed by atoms with van der Waals surface area (Å²) in [6.07, 6.45) is 0.806. The van der Waals surface area contributed by atoms with Crippen LogP contribution in [-0.2, 0) is 0 Å². The van der Waals surface area contributed by atoms with Gasteiger partial charge in [0.05, 0.1) is 0 Å². The summed E-state index contributed by atoms with van der Waals surface area (Å²) in [7, 11) is 0. The van der Waals surface area contributed by atoms with Crippen molar-refractivity contribution < 1.29 is 22.0 Å². The van der Waals surface area contributed by atoms with Crippen molar-refractivity contribution in [1.82, 2.24) is 14.8 Å². The first-order valence-corrected chi connectivity index (χ1v) is 4.49. The van der Waals surface area contributed by atoms with Gasteiger partial charge in [0.25, 0.3) is 0 Å². The minimum Gasteiger partial charge on any atom is -0.269 e. The van der Waals surface area contributed by atoms with Crippen LogP contribution in [0.1, 0.15) is 0 Å². The lowest BCUT2D eigenvalue weighted by Crippen LogP contribution is -2.09. The lowest BCUT2D eigenvalue weighted by molar-refractivity contribution is 0.375. The minimum atomic E-state index is -2.22. The second-order valence-corrected chi connectivity index (χ2v) is 3.34. The Labute approximate surface area is 95.5 Å². The third-order valence-corrected chi connectivity index (χ3v) is 2.27. The zero-order valence-electron chi connectivity index (χ0n) is 7.77. The molecule has 1 aromatic carbocycles. The van der Waals surface area contributed by atoms with Gasteiger partial charge in [0, 0.05) is 0 Å². The molecule has 0 saturated carbocycles. The molecule has 0 radical (unpaired) electrons. The van der Waals surface area contributed by atoms with E-state index in [1.54, 1.807) is 0 Å². The van der Waals surface area contributed by atoms with Crippen molar-refractivity contribution in [1.29, 1.82) is 0 Å². The van der Waals surface area contributed by atoms with Crippen LogP contribution in [0.5, 0.6) is 0 Å². The molecule has 0 aliphatic carbocycles. The van der Waals surface area contributed by atoms with Crippen molar-refractivity contribution >= 4 is 12.2 Å². The number of nitrogens with one attached hydrogen (secondary N) is 1. The van der Waals surface area contributed by atoms with Crippen LogP contribution in [0, 0.1) is 33.9 Å². The summed E-state index contributed by atoms with van der Waals surface area (Å²) in [5.74, 6) is -10.2. The number of aromatic amines is 1. The van der Waals surface area contributed by atoms with Gasteiger partial charge in [-0.15, -0.1) is 0 Å². The number of rotatable bonds is 1. The maximum absolute atomic E-state index is 13.3. The van der Waals surface area contributed by atoms with E-state index in [4.69, 9.17) is 0 Å². The van der Waals surface area contributed by atoms with Crippen molar-refractivity contribution in [2.24, 2.45) is 0 Å². The number of H-pyrrole nitrogens is 1. The molecule has 0 aliphatic rings. The Bertz CT molecular complexity index is 618. The van der Waals surface area contributed by atoms with E-state index in [0.29, 0.717) is 4.57 Å². The van der Waals surface area contributed by atoms with E-state index in [2.05, 4.69) is 22.4 Å². The Morgan fingerprint density at radius 2 is 1.41 bits per heavy atom. The van der Waals surface area contributed by atoms with Crippen LogP contribution >= 0.6 is 12.2 Å². The molecule has 2 aromatic rings. The summed E-state index contributed by atoms with van der Waals surface area (Å²) in [5.41, 5.74) is -1.17. The zero-order chi connectivity index (χ0) is 12.7. The fraction of sp³-hybridized carbons (Fsp3) is 0. The molecule has 1 N–H and O–H groups in total. The quantitative estimate of drug-likeness (QED) is 0.373. The van der Waals surface area contributed by atoms with Gasteiger partial charge in [-0.25, -0.2) is 22.0 Å². The third kappa shape index (κ3) is 1.62. The first-order chi connectivity index (χ1) is 7.95. The van der Waals surface area contributed by atoms with Gasteiger partial charge in [-0.3, -0.25) is 9.67 Å². The molecule has 0 aliphatic heterocycles. The normalized spacial score (nSPS) is 10.9. The van der Waals surface area contributed by atoms with E-state index in [1.165, 1.54) is 0 Å². The zero-order valence-corrected chi connectivity index (χ0v) is 8.59. The second kappa shape index (κ2) is 3.91. The number of aromatic nitrogens is 3. The molecule has 90 valence electrons. The first kappa shape index (κ1) is 11.7.